The van der Waals surface area contributed by atoms with Crippen LogP contribution in [0.4, 0.5) is 4.79 Å². The Morgan fingerprint density at radius 1 is 1.32 bits per heavy atom. The van der Waals surface area contributed by atoms with Crippen molar-refractivity contribution in [1.29, 1.82) is 0 Å². The fraction of sp³-hybridized carbons (Fsp3) is 0.846. The Hall–Kier alpha value is -0.970. The molecule has 6 heteroatoms. The molecule has 0 aromatic heterocycles. The number of carbonyl (C=O) groups excluding carboxylic acids is 2. The third-order valence-electron chi connectivity index (χ3n) is 2.93. The quantitative estimate of drug-likeness (QED) is 0.641. The highest BCUT2D eigenvalue weighted by molar-refractivity contribution is 6.17. The molecule has 1 amide bonds. The van der Waals surface area contributed by atoms with Crippen molar-refractivity contribution in [3.05, 3.63) is 0 Å². The van der Waals surface area contributed by atoms with Crippen molar-refractivity contribution in [1.82, 2.24) is 5.32 Å². The Morgan fingerprint density at radius 3 is 2.58 bits per heavy atom. The van der Waals surface area contributed by atoms with Gasteiger partial charge in [-0.3, -0.25) is 4.79 Å². The Kier molecular flexibility index (Phi) is 5.91. The number of hydrogen-bond acceptors (Lipinski definition) is 4. The Bertz CT molecular complexity index is 327. The molecular formula is C13H22ClNO4. The molecule has 0 aromatic carbocycles. The van der Waals surface area contributed by atoms with Crippen LogP contribution in [0.15, 0.2) is 0 Å². The number of rotatable bonds is 3. The lowest BCUT2D eigenvalue weighted by molar-refractivity contribution is -0.147. The van der Waals surface area contributed by atoms with Gasteiger partial charge in [0, 0.05) is 6.04 Å². The molecule has 0 aromatic rings. The van der Waals surface area contributed by atoms with Crippen molar-refractivity contribution >= 4 is 23.7 Å². The van der Waals surface area contributed by atoms with Gasteiger partial charge >= 0.3 is 12.1 Å². The van der Waals surface area contributed by atoms with Crippen LogP contribution in [-0.2, 0) is 14.3 Å². The van der Waals surface area contributed by atoms with E-state index in [9.17, 15) is 9.59 Å². The summed E-state index contributed by atoms with van der Waals surface area (Å²) in [4.78, 5) is 23.3. The molecule has 1 N–H and O–H groups in total. The van der Waals surface area contributed by atoms with Gasteiger partial charge in [0.2, 0.25) is 0 Å². The van der Waals surface area contributed by atoms with E-state index in [2.05, 4.69) is 5.32 Å². The zero-order valence-corrected chi connectivity index (χ0v) is 12.5. The van der Waals surface area contributed by atoms with Gasteiger partial charge in [0.25, 0.3) is 0 Å². The molecule has 1 fully saturated rings. The van der Waals surface area contributed by atoms with Gasteiger partial charge in [-0.15, -0.1) is 0 Å². The number of alkyl carbamates (subject to hydrolysis) is 1. The van der Waals surface area contributed by atoms with Crippen molar-refractivity contribution in [3.63, 3.8) is 0 Å². The van der Waals surface area contributed by atoms with Crippen molar-refractivity contribution < 1.29 is 19.1 Å². The highest BCUT2D eigenvalue weighted by atomic mass is 35.5. The summed E-state index contributed by atoms with van der Waals surface area (Å²) < 4.78 is 9.99. The van der Waals surface area contributed by atoms with E-state index >= 15 is 0 Å². The normalized spacial score (nSPS) is 23.6. The number of alkyl halides is 1. The summed E-state index contributed by atoms with van der Waals surface area (Å²) in [7, 11) is 0. The summed E-state index contributed by atoms with van der Waals surface area (Å²) in [6.45, 7) is 5.44. The summed E-state index contributed by atoms with van der Waals surface area (Å²) in [6.07, 6.45) is 2.65. The predicted molar refractivity (Wildman–Crippen MR) is 71.9 cm³/mol. The van der Waals surface area contributed by atoms with Crippen molar-refractivity contribution in [2.75, 3.05) is 6.07 Å². The first-order chi connectivity index (χ1) is 8.81. The molecule has 0 aliphatic heterocycles. The summed E-state index contributed by atoms with van der Waals surface area (Å²) in [5, 5.41) is 2.80. The molecule has 19 heavy (non-hydrogen) atoms. The maximum atomic E-state index is 11.7. The van der Waals surface area contributed by atoms with E-state index in [-0.39, 0.29) is 24.0 Å². The van der Waals surface area contributed by atoms with E-state index in [0.29, 0.717) is 6.42 Å². The van der Waals surface area contributed by atoms with Gasteiger partial charge < -0.3 is 14.8 Å². The summed E-state index contributed by atoms with van der Waals surface area (Å²) in [5.41, 5.74) is -0.518. The second kappa shape index (κ2) is 6.98. The standard InChI is InChI=1S/C13H22ClNO4/c1-13(2,3)19-12(17)15-10-6-4-5-9(7-10)11(16)18-8-14/h9-10H,4-8H2,1-3H3,(H,15,17)/t9-,10-/m1/s1. The molecule has 1 rings (SSSR count). The number of nitrogens with one attached hydrogen (secondary N) is 1. The minimum atomic E-state index is -0.518. The van der Waals surface area contributed by atoms with Gasteiger partial charge in [0.05, 0.1) is 5.92 Å². The first kappa shape index (κ1) is 16.1. The van der Waals surface area contributed by atoms with E-state index in [0.717, 1.165) is 19.3 Å². The fourth-order valence-electron chi connectivity index (χ4n) is 2.18. The monoisotopic (exact) mass is 291 g/mol. The van der Waals surface area contributed by atoms with Crippen LogP contribution in [0.2, 0.25) is 0 Å². The van der Waals surface area contributed by atoms with Crippen LogP contribution < -0.4 is 5.32 Å². The fourth-order valence-corrected chi connectivity index (χ4v) is 2.29. The second-order valence-corrected chi connectivity index (χ2v) is 6.00. The molecule has 110 valence electrons. The number of hydrogen-bond donors (Lipinski definition) is 1. The molecule has 0 bridgehead atoms. The van der Waals surface area contributed by atoms with Gasteiger partial charge in [-0.05, 0) is 40.0 Å². The maximum Gasteiger partial charge on any atom is 0.407 e. The molecule has 1 aliphatic rings. The average Bonchev–Trinajstić information content (AvgIpc) is 2.27. The molecule has 0 radical (unpaired) electrons. The smallest absolute Gasteiger partial charge is 0.407 e. The van der Waals surface area contributed by atoms with Crippen LogP contribution in [0, 0.1) is 5.92 Å². The lowest BCUT2D eigenvalue weighted by Crippen LogP contribution is -2.42. The van der Waals surface area contributed by atoms with Crippen LogP contribution in [0.25, 0.3) is 0 Å². The number of carbonyl (C=O) groups is 2. The lowest BCUT2D eigenvalue weighted by Gasteiger charge is -2.29. The van der Waals surface area contributed by atoms with Gasteiger partial charge in [-0.2, -0.15) is 0 Å². The SMILES string of the molecule is CC(C)(C)OC(=O)N[C@@H]1CCC[C@@H](C(=O)OCCl)C1. The third kappa shape index (κ3) is 6.14. The first-order valence-electron chi connectivity index (χ1n) is 6.54. The molecule has 0 saturated heterocycles. The average molecular weight is 292 g/mol. The van der Waals surface area contributed by atoms with Gasteiger partial charge in [-0.1, -0.05) is 18.0 Å². The van der Waals surface area contributed by atoms with Crippen molar-refractivity contribution in [2.24, 2.45) is 5.92 Å². The molecule has 1 aliphatic carbocycles. The van der Waals surface area contributed by atoms with Gasteiger partial charge in [-0.25, -0.2) is 4.79 Å². The zero-order chi connectivity index (χ0) is 14.5. The molecule has 5 nitrogen and oxygen atoms in total. The molecule has 1 saturated carbocycles. The second-order valence-electron chi connectivity index (χ2n) is 5.78. The summed E-state index contributed by atoms with van der Waals surface area (Å²) >= 11 is 5.38. The minimum absolute atomic E-state index is 0.0449. The predicted octanol–water partition coefficient (Wildman–Crippen LogP) is 2.81. The van der Waals surface area contributed by atoms with E-state index < -0.39 is 11.7 Å². The topological polar surface area (TPSA) is 64.6 Å². The van der Waals surface area contributed by atoms with Crippen LogP contribution in [0.5, 0.6) is 0 Å². The van der Waals surface area contributed by atoms with Crippen LogP contribution >= 0.6 is 11.6 Å². The Balaban J connectivity index is 2.42. The molecule has 0 unspecified atom stereocenters. The highest BCUT2D eigenvalue weighted by Gasteiger charge is 2.30. The van der Waals surface area contributed by atoms with Crippen LogP contribution in [0.3, 0.4) is 0 Å². The van der Waals surface area contributed by atoms with Crippen LogP contribution in [-0.4, -0.2) is 29.8 Å². The zero-order valence-electron chi connectivity index (χ0n) is 11.7. The molecule has 0 heterocycles. The summed E-state index contributed by atoms with van der Waals surface area (Å²) in [6, 6.07) is -0.170. The highest BCUT2D eigenvalue weighted by Crippen LogP contribution is 2.25. The molecule has 0 spiro atoms. The Labute approximate surface area is 119 Å². The minimum Gasteiger partial charge on any atom is -0.449 e. The lowest BCUT2D eigenvalue weighted by atomic mass is 9.86. The number of halogens is 1. The van der Waals surface area contributed by atoms with Crippen LogP contribution in [0.1, 0.15) is 46.5 Å². The molecular weight excluding hydrogens is 270 g/mol. The number of esters is 1. The van der Waals surface area contributed by atoms with Gasteiger partial charge in [0.15, 0.2) is 6.07 Å². The maximum absolute atomic E-state index is 11.7. The van der Waals surface area contributed by atoms with Crippen molar-refractivity contribution in [2.45, 2.75) is 58.1 Å². The largest absolute Gasteiger partial charge is 0.449 e. The van der Waals surface area contributed by atoms with E-state index in [1.807, 2.05) is 20.8 Å². The number of ether oxygens (including phenoxy) is 2. The Morgan fingerprint density at radius 2 is 2.00 bits per heavy atom. The van der Waals surface area contributed by atoms with E-state index in [1.54, 1.807) is 0 Å². The van der Waals surface area contributed by atoms with E-state index in [1.165, 1.54) is 0 Å². The summed E-state index contributed by atoms with van der Waals surface area (Å²) in [5.74, 6) is -0.474. The van der Waals surface area contributed by atoms with Crippen molar-refractivity contribution in [3.8, 4) is 0 Å². The number of amides is 1. The third-order valence-corrected chi connectivity index (χ3v) is 3.03. The molecule has 2 atom stereocenters. The first-order valence-corrected chi connectivity index (χ1v) is 7.07. The van der Waals surface area contributed by atoms with E-state index in [4.69, 9.17) is 21.1 Å². The van der Waals surface area contributed by atoms with Gasteiger partial charge in [0.1, 0.15) is 5.60 Å².